The van der Waals surface area contributed by atoms with Crippen molar-refractivity contribution in [3.05, 3.63) is 114 Å². The van der Waals surface area contributed by atoms with Crippen molar-refractivity contribution in [2.45, 2.75) is 23.9 Å². The molecule has 0 bridgehead atoms. The lowest BCUT2D eigenvalue weighted by Gasteiger charge is -2.34. The number of anilines is 1. The molecule has 1 aromatic heterocycles. The minimum atomic E-state index is -3.87. The highest BCUT2D eigenvalue weighted by atomic mass is 32.2. The highest BCUT2D eigenvalue weighted by molar-refractivity contribution is 7.89. The Morgan fingerprint density at radius 3 is 2.18 bits per heavy atom. The maximum Gasteiger partial charge on any atom is 0.245 e. The van der Waals surface area contributed by atoms with Crippen molar-refractivity contribution in [3.63, 3.8) is 0 Å². The van der Waals surface area contributed by atoms with E-state index in [1.807, 2.05) is 66.7 Å². The van der Waals surface area contributed by atoms with Gasteiger partial charge in [-0.1, -0.05) is 78.9 Å². The Bertz CT molecular complexity index is 1410. The molecule has 0 radical (unpaired) electrons. The number of amides is 1. The smallest absolute Gasteiger partial charge is 0.245 e. The Labute approximate surface area is 199 Å². The molecule has 1 aliphatic heterocycles. The highest BCUT2D eigenvalue weighted by Crippen LogP contribution is 2.32. The second-order valence-corrected chi connectivity index (χ2v) is 9.88. The lowest BCUT2D eigenvalue weighted by molar-refractivity contribution is -0.120. The van der Waals surface area contributed by atoms with E-state index in [4.69, 9.17) is 0 Å². The van der Waals surface area contributed by atoms with Crippen LogP contribution in [-0.4, -0.2) is 25.4 Å². The fourth-order valence-electron chi connectivity index (χ4n) is 4.15. The van der Waals surface area contributed by atoms with E-state index in [2.05, 4.69) is 9.71 Å². The normalized spacial score (nSPS) is 15.7. The number of hydrogen-bond donors (Lipinski definition) is 1. The van der Waals surface area contributed by atoms with E-state index >= 15 is 0 Å². The van der Waals surface area contributed by atoms with Crippen molar-refractivity contribution in [2.24, 2.45) is 0 Å². The molecule has 6 nitrogen and oxygen atoms in total. The summed E-state index contributed by atoms with van der Waals surface area (Å²) in [5, 5.41) is 0. The maximum absolute atomic E-state index is 13.5. The molecule has 7 heteroatoms. The SMILES string of the molecule is O=C1C(NS(=O)(=O)c2ccccc2)Cc2cc(-c3ccccc3)ncc2N1Cc1ccccc1. The van der Waals surface area contributed by atoms with Gasteiger partial charge >= 0.3 is 0 Å². The van der Waals surface area contributed by atoms with E-state index in [-0.39, 0.29) is 17.2 Å². The van der Waals surface area contributed by atoms with Gasteiger partial charge < -0.3 is 4.90 Å². The average Bonchev–Trinajstić information content (AvgIpc) is 2.88. The number of nitrogens with zero attached hydrogens (tertiary/aromatic N) is 2. The molecule has 1 amide bonds. The van der Waals surface area contributed by atoms with Crippen LogP contribution in [0.15, 0.2) is 108 Å². The Balaban J connectivity index is 1.53. The molecule has 1 unspecified atom stereocenters. The second kappa shape index (κ2) is 9.21. The Morgan fingerprint density at radius 2 is 1.50 bits per heavy atom. The average molecular weight is 470 g/mol. The molecule has 0 spiro atoms. The van der Waals surface area contributed by atoms with Gasteiger partial charge in [-0.05, 0) is 35.7 Å². The summed E-state index contributed by atoms with van der Waals surface area (Å²) in [6, 6.07) is 28.5. The van der Waals surface area contributed by atoms with Crippen LogP contribution in [0.4, 0.5) is 5.69 Å². The number of nitrogens with one attached hydrogen (secondary N) is 1. The van der Waals surface area contributed by atoms with E-state index < -0.39 is 16.1 Å². The Morgan fingerprint density at radius 1 is 0.882 bits per heavy atom. The number of carbonyl (C=O) groups is 1. The molecule has 1 atom stereocenters. The highest BCUT2D eigenvalue weighted by Gasteiger charge is 2.36. The minimum absolute atomic E-state index is 0.128. The minimum Gasteiger partial charge on any atom is -0.305 e. The second-order valence-electron chi connectivity index (χ2n) is 8.17. The van der Waals surface area contributed by atoms with Crippen molar-refractivity contribution in [1.29, 1.82) is 0 Å². The van der Waals surface area contributed by atoms with E-state index in [1.54, 1.807) is 29.3 Å². The number of rotatable bonds is 6. The summed E-state index contributed by atoms with van der Waals surface area (Å²) in [6.45, 7) is 0.322. The predicted octanol–water partition coefficient (Wildman–Crippen LogP) is 4.19. The molecule has 1 N–H and O–H groups in total. The molecule has 1 aliphatic rings. The molecule has 34 heavy (non-hydrogen) atoms. The summed E-state index contributed by atoms with van der Waals surface area (Å²) >= 11 is 0. The van der Waals surface area contributed by atoms with Gasteiger partial charge in [-0.25, -0.2) is 8.42 Å². The number of pyridine rings is 1. The standard InChI is InChI=1S/C27H23N3O3S/c31-27-25(29-34(32,33)23-14-8-3-9-15-23)17-22-16-24(21-12-6-2-7-13-21)28-18-26(22)30(27)19-20-10-4-1-5-11-20/h1-16,18,25,29H,17,19H2. The number of carbonyl (C=O) groups excluding carboxylic acids is 1. The van der Waals surface area contributed by atoms with Crippen LogP contribution in [0.25, 0.3) is 11.3 Å². The van der Waals surface area contributed by atoms with Crippen LogP contribution in [0.5, 0.6) is 0 Å². The van der Waals surface area contributed by atoms with Gasteiger partial charge in [-0.2, -0.15) is 4.72 Å². The first-order valence-corrected chi connectivity index (χ1v) is 12.5. The third kappa shape index (κ3) is 4.48. The fourth-order valence-corrected chi connectivity index (χ4v) is 5.36. The van der Waals surface area contributed by atoms with E-state index in [9.17, 15) is 13.2 Å². The first-order valence-electron chi connectivity index (χ1n) is 11.0. The van der Waals surface area contributed by atoms with E-state index in [0.717, 1.165) is 22.4 Å². The first kappa shape index (κ1) is 22.0. The lowest BCUT2D eigenvalue weighted by atomic mass is 9.96. The molecule has 2 heterocycles. The molecule has 0 saturated heterocycles. The predicted molar refractivity (Wildman–Crippen MR) is 132 cm³/mol. The summed E-state index contributed by atoms with van der Waals surface area (Å²) in [4.78, 5) is 19.9. The zero-order valence-corrected chi connectivity index (χ0v) is 19.2. The van der Waals surface area contributed by atoms with Crippen LogP contribution in [0.1, 0.15) is 11.1 Å². The maximum atomic E-state index is 13.5. The molecule has 4 aromatic rings. The van der Waals surface area contributed by atoms with Crippen LogP contribution in [-0.2, 0) is 27.8 Å². The van der Waals surface area contributed by atoms with Gasteiger partial charge in [0, 0.05) is 5.56 Å². The third-order valence-corrected chi connectivity index (χ3v) is 7.34. The van der Waals surface area contributed by atoms with Crippen LogP contribution in [0.2, 0.25) is 0 Å². The van der Waals surface area contributed by atoms with Gasteiger partial charge in [-0.3, -0.25) is 9.78 Å². The number of fused-ring (bicyclic) bond motifs is 1. The zero-order chi connectivity index (χ0) is 23.5. The van der Waals surface area contributed by atoms with Gasteiger partial charge in [0.05, 0.1) is 29.0 Å². The molecule has 3 aromatic carbocycles. The van der Waals surface area contributed by atoms with Crippen molar-refractivity contribution in [3.8, 4) is 11.3 Å². The lowest BCUT2D eigenvalue weighted by Crippen LogP contribution is -2.52. The van der Waals surface area contributed by atoms with Crippen LogP contribution in [0.3, 0.4) is 0 Å². The molecule has 0 saturated carbocycles. The van der Waals surface area contributed by atoms with Crippen LogP contribution < -0.4 is 9.62 Å². The molecule has 170 valence electrons. The summed E-state index contributed by atoms with van der Waals surface area (Å²) in [5.74, 6) is -0.301. The quantitative estimate of drug-likeness (QED) is 0.459. The first-order chi connectivity index (χ1) is 16.5. The van der Waals surface area contributed by atoms with Gasteiger partial charge in [-0.15, -0.1) is 0 Å². The van der Waals surface area contributed by atoms with Crippen molar-refractivity contribution in [2.75, 3.05) is 4.90 Å². The third-order valence-electron chi connectivity index (χ3n) is 5.85. The van der Waals surface area contributed by atoms with E-state index in [0.29, 0.717) is 12.2 Å². The van der Waals surface area contributed by atoms with Gasteiger partial charge in [0.25, 0.3) is 0 Å². The van der Waals surface area contributed by atoms with Gasteiger partial charge in [0.2, 0.25) is 15.9 Å². The number of aromatic nitrogens is 1. The zero-order valence-electron chi connectivity index (χ0n) is 18.3. The Hall–Kier alpha value is -3.81. The largest absolute Gasteiger partial charge is 0.305 e. The van der Waals surface area contributed by atoms with Crippen LogP contribution in [0, 0.1) is 0 Å². The van der Waals surface area contributed by atoms with Gasteiger partial charge in [0.15, 0.2) is 0 Å². The molecule has 5 rings (SSSR count). The van der Waals surface area contributed by atoms with Crippen molar-refractivity contribution in [1.82, 2.24) is 9.71 Å². The number of hydrogen-bond acceptors (Lipinski definition) is 4. The van der Waals surface area contributed by atoms with E-state index in [1.165, 1.54) is 12.1 Å². The van der Waals surface area contributed by atoms with Crippen molar-refractivity contribution >= 4 is 21.6 Å². The summed E-state index contributed by atoms with van der Waals surface area (Å²) in [6.07, 6.45) is 1.95. The summed E-state index contributed by atoms with van der Waals surface area (Å²) < 4.78 is 28.7. The summed E-state index contributed by atoms with van der Waals surface area (Å²) in [7, 11) is -3.87. The monoisotopic (exact) mass is 469 g/mol. The molecule has 0 aliphatic carbocycles. The molecular weight excluding hydrogens is 446 g/mol. The van der Waals surface area contributed by atoms with Crippen LogP contribution >= 0.6 is 0 Å². The number of sulfonamides is 1. The van der Waals surface area contributed by atoms with Crippen molar-refractivity contribution < 1.29 is 13.2 Å². The number of benzene rings is 3. The fraction of sp³-hybridized carbons (Fsp3) is 0.111. The molecule has 0 fully saturated rings. The summed E-state index contributed by atoms with van der Waals surface area (Å²) in [5.41, 5.74) is 4.24. The van der Waals surface area contributed by atoms with Gasteiger partial charge in [0.1, 0.15) is 6.04 Å². The Kier molecular flexibility index (Phi) is 5.96. The topological polar surface area (TPSA) is 79.4 Å². The molecular formula is C27H23N3O3S.